The van der Waals surface area contributed by atoms with Crippen LogP contribution in [0.1, 0.15) is 69.1 Å². The van der Waals surface area contributed by atoms with Gasteiger partial charge in [-0.2, -0.15) is 0 Å². The summed E-state index contributed by atoms with van der Waals surface area (Å²) in [5, 5.41) is 10.5. The van der Waals surface area contributed by atoms with Crippen LogP contribution in [0.25, 0.3) is 0 Å². The molecule has 0 spiro atoms. The lowest BCUT2D eigenvalue weighted by molar-refractivity contribution is 0.0494. The first-order valence-electron chi connectivity index (χ1n) is 8.35. The van der Waals surface area contributed by atoms with E-state index < -0.39 is 0 Å². The Morgan fingerprint density at radius 3 is 2.67 bits per heavy atom. The third-order valence-corrected chi connectivity index (χ3v) is 5.47. The molecule has 2 aliphatic rings. The van der Waals surface area contributed by atoms with Crippen LogP contribution in [0.4, 0.5) is 0 Å². The molecule has 1 aromatic rings. The molecule has 1 N–H and O–H groups in total. The number of aromatic nitrogens is 1. The first-order chi connectivity index (χ1) is 9.89. The molecule has 1 aliphatic carbocycles. The number of aryl methyl sites for hydroxylation is 1. The summed E-state index contributed by atoms with van der Waals surface area (Å²) in [6.45, 7) is 10.9. The van der Waals surface area contributed by atoms with Crippen molar-refractivity contribution in [1.82, 2.24) is 4.57 Å². The van der Waals surface area contributed by atoms with E-state index in [9.17, 15) is 5.11 Å². The van der Waals surface area contributed by atoms with Crippen molar-refractivity contribution in [2.45, 2.75) is 65.5 Å². The van der Waals surface area contributed by atoms with Gasteiger partial charge < -0.3 is 14.4 Å². The summed E-state index contributed by atoms with van der Waals surface area (Å²) in [4.78, 5) is 0. The summed E-state index contributed by atoms with van der Waals surface area (Å²) in [7, 11) is 0. The summed E-state index contributed by atoms with van der Waals surface area (Å²) >= 11 is 0. The maximum Gasteiger partial charge on any atom is 0.0812 e. The highest BCUT2D eigenvalue weighted by molar-refractivity contribution is 5.34. The van der Waals surface area contributed by atoms with Gasteiger partial charge in [0.2, 0.25) is 0 Å². The Kier molecular flexibility index (Phi) is 3.91. The maximum atomic E-state index is 10.5. The standard InChI is InChI=1S/C18H29NO2/c1-12-9-15-16(10-18(3,4)11-17(15)20)19(12)13(2)14-5-7-21-8-6-14/h9,13-14,17,20H,5-8,10-11H2,1-4H3. The molecule has 2 atom stereocenters. The minimum Gasteiger partial charge on any atom is -0.388 e. The van der Waals surface area contributed by atoms with E-state index in [1.165, 1.54) is 17.0 Å². The summed E-state index contributed by atoms with van der Waals surface area (Å²) in [5.74, 6) is 0.691. The Labute approximate surface area is 128 Å². The van der Waals surface area contributed by atoms with E-state index in [4.69, 9.17) is 4.74 Å². The van der Waals surface area contributed by atoms with E-state index in [0.29, 0.717) is 12.0 Å². The highest BCUT2D eigenvalue weighted by Gasteiger charge is 2.36. The van der Waals surface area contributed by atoms with Gasteiger partial charge in [0.05, 0.1) is 6.10 Å². The Morgan fingerprint density at radius 2 is 2.00 bits per heavy atom. The predicted molar refractivity (Wildman–Crippen MR) is 84.5 cm³/mol. The molecule has 118 valence electrons. The van der Waals surface area contributed by atoms with Gasteiger partial charge in [0, 0.05) is 36.2 Å². The lowest BCUT2D eigenvalue weighted by Crippen LogP contribution is -2.30. The Hall–Kier alpha value is -0.800. The molecule has 1 fully saturated rings. The predicted octanol–water partition coefficient (Wildman–Crippen LogP) is 3.79. The average Bonchev–Trinajstić information content (AvgIpc) is 2.74. The Balaban J connectivity index is 1.95. The van der Waals surface area contributed by atoms with E-state index in [1.807, 2.05) is 0 Å². The molecule has 3 heteroatoms. The minimum absolute atomic E-state index is 0.185. The van der Waals surface area contributed by atoms with Crippen LogP contribution in [0.15, 0.2) is 6.07 Å². The van der Waals surface area contributed by atoms with Crippen LogP contribution in [0, 0.1) is 18.3 Å². The van der Waals surface area contributed by atoms with Crippen molar-refractivity contribution in [2.24, 2.45) is 11.3 Å². The van der Waals surface area contributed by atoms with Crippen molar-refractivity contribution >= 4 is 0 Å². The average molecular weight is 291 g/mol. The molecule has 3 rings (SSSR count). The number of aliphatic hydroxyl groups is 1. The van der Waals surface area contributed by atoms with E-state index in [0.717, 1.165) is 38.9 Å². The van der Waals surface area contributed by atoms with Crippen molar-refractivity contribution in [3.8, 4) is 0 Å². The topological polar surface area (TPSA) is 34.4 Å². The molecule has 0 saturated carbocycles. The zero-order valence-corrected chi connectivity index (χ0v) is 13.9. The summed E-state index contributed by atoms with van der Waals surface area (Å²) in [6, 6.07) is 2.71. The van der Waals surface area contributed by atoms with Gasteiger partial charge in [0.15, 0.2) is 0 Å². The fourth-order valence-electron chi connectivity index (χ4n) is 4.34. The molecular formula is C18H29NO2. The molecule has 21 heavy (non-hydrogen) atoms. The highest BCUT2D eigenvalue weighted by Crippen LogP contribution is 2.44. The van der Waals surface area contributed by atoms with Crippen molar-refractivity contribution in [3.63, 3.8) is 0 Å². The number of nitrogens with zero attached hydrogens (tertiary/aromatic N) is 1. The lowest BCUT2D eigenvalue weighted by Gasteiger charge is -2.37. The minimum atomic E-state index is -0.300. The van der Waals surface area contributed by atoms with Crippen molar-refractivity contribution < 1.29 is 9.84 Å². The summed E-state index contributed by atoms with van der Waals surface area (Å²) in [5.41, 5.74) is 4.03. The quantitative estimate of drug-likeness (QED) is 0.899. The second kappa shape index (κ2) is 5.44. The van der Waals surface area contributed by atoms with Gasteiger partial charge in [0.1, 0.15) is 0 Å². The summed E-state index contributed by atoms with van der Waals surface area (Å²) < 4.78 is 8.02. The lowest BCUT2D eigenvalue weighted by atomic mass is 9.75. The molecule has 1 aromatic heterocycles. The number of rotatable bonds is 2. The number of ether oxygens (including phenoxy) is 1. The van der Waals surface area contributed by atoms with Crippen LogP contribution < -0.4 is 0 Å². The smallest absolute Gasteiger partial charge is 0.0812 e. The monoisotopic (exact) mass is 291 g/mol. The molecule has 0 bridgehead atoms. The first-order valence-corrected chi connectivity index (χ1v) is 8.35. The van der Waals surface area contributed by atoms with Crippen LogP contribution in [0.5, 0.6) is 0 Å². The van der Waals surface area contributed by atoms with Gasteiger partial charge in [0.25, 0.3) is 0 Å². The molecule has 1 saturated heterocycles. The fourth-order valence-corrected chi connectivity index (χ4v) is 4.34. The molecule has 0 amide bonds. The van der Waals surface area contributed by atoms with Crippen LogP contribution in [0.3, 0.4) is 0 Å². The van der Waals surface area contributed by atoms with E-state index in [-0.39, 0.29) is 11.5 Å². The molecule has 2 heterocycles. The Bertz CT molecular complexity index is 512. The van der Waals surface area contributed by atoms with Crippen molar-refractivity contribution in [1.29, 1.82) is 0 Å². The van der Waals surface area contributed by atoms with Gasteiger partial charge in [-0.25, -0.2) is 0 Å². The third-order valence-electron chi connectivity index (χ3n) is 5.47. The molecule has 0 radical (unpaired) electrons. The van der Waals surface area contributed by atoms with Crippen LogP contribution in [-0.4, -0.2) is 22.9 Å². The van der Waals surface area contributed by atoms with E-state index in [2.05, 4.69) is 38.3 Å². The van der Waals surface area contributed by atoms with Gasteiger partial charge in [-0.05, 0) is 56.9 Å². The van der Waals surface area contributed by atoms with Gasteiger partial charge >= 0.3 is 0 Å². The fraction of sp³-hybridized carbons (Fsp3) is 0.778. The Morgan fingerprint density at radius 1 is 1.33 bits per heavy atom. The normalized spacial score (nSPS) is 27.4. The van der Waals surface area contributed by atoms with Crippen LogP contribution >= 0.6 is 0 Å². The van der Waals surface area contributed by atoms with Gasteiger partial charge in [-0.15, -0.1) is 0 Å². The molecule has 1 aliphatic heterocycles. The number of fused-ring (bicyclic) bond motifs is 1. The molecular weight excluding hydrogens is 262 g/mol. The van der Waals surface area contributed by atoms with Crippen molar-refractivity contribution in [3.05, 3.63) is 23.0 Å². The van der Waals surface area contributed by atoms with Gasteiger partial charge in [-0.1, -0.05) is 13.8 Å². The van der Waals surface area contributed by atoms with E-state index in [1.54, 1.807) is 0 Å². The summed E-state index contributed by atoms with van der Waals surface area (Å²) in [6.07, 6.45) is 3.94. The number of aliphatic hydroxyl groups excluding tert-OH is 1. The maximum absolute atomic E-state index is 10.5. The van der Waals surface area contributed by atoms with E-state index >= 15 is 0 Å². The first kappa shape index (κ1) is 15.1. The van der Waals surface area contributed by atoms with Crippen molar-refractivity contribution in [2.75, 3.05) is 13.2 Å². The second-order valence-electron chi connectivity index (χ2n) is 7.81. The molecule has 2 unspecified atom stereocenters. The van der Waals surface area contributed by atoms with Crippen LogP contribution in [0.2, 0.25) is 0 Å². The highest BCUT2D eigenvalue weighted by atomic mass is 16.5. The van der Waals surface area contributed by atoms with Gasteiger partial charge in [-0.3, -0.25) is 0 Å². The largest absolute Gasteiger partial charge is 0.388 e. The second-order valence-corrected chi connectivity index (χ2v) is 7.81. The third kappa shape index (κ3) is 2.78. The SMILES string of the molecule is Cc1cc2c(n1C(C)C1CCOCC1)CC(C)(C)CC2O. The number of hydrogen-bond donors (Lipinski definition) is 1. The zero-order chi connectivity index (χ0) is 15.2. The zero-order valence-electron chi connectivity index (χ0n) is 13.9. The molecule has 0 aromatic carbocycles. The number of hydrogen-bond acceptors (Lipinski definition) is 2. The van der Waals surface area contributed by atoms with Crippen LogP contribution in [-0.2, 0) is 11.2 Å². The molecule has 3 nitrogen and oxygen atoms in total.